The van der Waals surface area contributed by atoms with Gasteiger partial charge < -0.3 is 4.42 Å². The van der Waals surface area contributed by atoms with Crippen LogP contribution in [0.3, 0.4) is 0 Å². The summed E-state index contributed by atoms with van der Waals surface area (Å²) in [6.45, 7) is 4.42. The molecule has 2 aromatic heterocycles. The molecule has 3 atom stereocenters. The molecule has 4 heterocycles. The van der Waals surface area contributed by atoms with E-state index in [0.29, 0.717) is 6.04 Å². The maximum Gasteiger partial charge on any atom is 0.0947 e. The molecule has 2 aromatic rings. The van der Waals surface area contributed by atoms with Gasteiger partial charge >= 0.3 is 0 Å². The fraction of sp³-hybridized carbons (Fsp3) is 0.588. The summed E-state index contributed by atoms with van der Waals surface area (Å²) in [5, 5.41) is 4.37. The van der Waals surface area contributed by atoms with Gasteiger partial charge in [-0.3, -0.25) is 14.5 Å². The Labute approximate surface area is 131 Å². The van der Waals surface area contributed by atoms with Crippen LogP contribution < -0.4 is 0 Å². The van der Waals surface area contributed by atoms with Crippen molar-refractivity contribution in [2.45, 2.75) is 38.0 Å². The van der Waals surface area contributed by atoms with Crippen molar-refractivity contribution in [1.29, 1.82) is 0 Å². The van der Waals surface area contributed by atoms with Crippen LogP contribution in [0.4, 0.5) is 0 Å². The van der Waals surface area contributed by atoms with E-state index < -0.39 is 0 Å². The Morgan fingerprint density at radius 1 is 1.41 bits per heavy atom. The van der Waals surface area contributed by atoms with Crippen molar-refractivity contribution in [3.63, 3.8) is 0 Å². The number of piperidine rings is 1. The molecule has 2 saturated heterocycles. The van der Waals surface area contributed by atoms with Gasteiger partial charge in [-0.05, 0) is 44.5 Å². The van der Waals surface area contributed by atoms with Crippen molar-refractivity contribution in [2.75, 3.05) is 20.1 Å². The topological polar surface area (TPSA) is 37.4 Å². The minimum atomic E-state index is 0.615. The third-order valence-electron chi connectivity index (χ3n) is 5.40. The van der Waals surface area contributed by atoms with E-state index in [1.165, 1.54) is 31.5 Å². The monoisotopic (exact) mass is 300 g/mol. The molecular formula is C17H24N4O. The number of furan rings is 1. The molecule has 0 aromatic carbocycles. The largest absolute Gasteiger partial charge is 0.472 e. The Kier molecular flexibility index (Phi) is 3.76. The van der Waals surface area contributed by atoms with Gasteiger partial charge in [0.1, 0.15) is 0 Å². The predicted molar refractivity (Wildman–Crippen MR) is 84.3 cm³/mol. The summed E-state index contributed by atoms with van der Waals surface area (Å²) in [7, 11) is 2.30. The first kappa shape index (κ1) is 14.0. The van der Waals surface area contributed by atoms with Crippen molar-refractivity contribution in [3.8, 4) is 0 Å². The van der Waals surface area contributed by atoms with E-state index in [1.807, 2.05) is 18.5 Å². The summed E-state index contributed by atoms with van der Waals surface area (Å²) >= 11 is 0. The smallest absolute Gasteiger partial charge is 0.0947 e. The Bertz CT molecular complexity index is 578. The van der Waals surface area contributed by atoms with Crippen LogP contribution in [0.1, 0.15) is 18.4 Å². The second-order valence-corrected chi connectivity index (χ2v) is 6.77. The molecule has 22 heavy (non-hydrogen) atoms. The third kappa shape index (κ3) is 2.71. The summed E-state index contributed by atoms with van der Waals surface area (Å²) in [4.78, 5) is 5.18. The molecule has 0 N–H and O–H groups in total. The van der Waals surface area contributed by atoms with E-state index >= 15 is 0 Å². The van der Waals surface area contributed by atoms with Crippen molar-refractivity contribution in [3.05, 3.63) is 42.6 Å². The second kappa shape index (κ2) is 5.89. The Balaban J connectivity index is 1.38. The maximum absolute atomic E-state index is 5.19. The van der Waals surface area contributed by atoms with Gasteiger partial charge in [0.2, 0.25) is 0 Å². The van der Waals surface area contributed by atoms with Gasteiger partial charge in [0.25, 0.3) is 0 Å². The Morgan fingerprint density at radius 2 is 2.36 bits per heavy atom. The number of fused-ring (bicyclic) bond motifs is 1. The predicted octanol–water partition coefficient (Wildman–Crippen LogP) is 2.07. The highest BCUT2D eigenvalue weighted by molar-refractivity contribution is 5.06. The summed E-state index contributed by atoms with van der Waals surface area (Å²) in [6, 6.07) is 5.44. The number of likely N-dealkylation sites (N-methyl/N-ethyl adjacent to an activating group) is 1. The first-order valence-corrected chi connectivity index (χ1v) is 8.22. The van der Waals surface area contributed by atoms with E-state index in [2.05, 4.69) is 38.9 Å². The van der Waals surface area contributed by atoms with E-state index in [0.717, 1.165) is 25.0 Å². The van der Waals surface area contributed by atoms with Crippen LogP contribution in [-0.4, -0.2) is 51.8 Å². The highest BCUT2D eigenvalue weighted by atomic mass is 16.3. The molecule has 118 valence electrons. The molecule has 4 rings (SSSR count). The zero-order valence-electron chi connectivity index (χ0n) is 13.1. The summed E-state index contributed by atoms with van der Waals surface area (Å²) < 4.78 is 7.26. The van der Waals surface area contributed by atoms with Gasteiger partial charge in [-0.25, -0.2) is 0 Å². The lowest BCUT2D eigenvalue weighted by atomic mass is 9.92. The molecule has 0 aliphatic carbocycles. The molecule has 0 radical (unpaired) electrons. The molecule has 0 saturated carbocycles. The minimum absolute atomic E-state index is 0.615. The van der Waals surface area contributed by atoms with E-state index in [-0.39, 0.29) is 0 Å². The normalized spacial score (nSPS) is 29.8. The van der Waals surface area contributed by atoms with Crippen molar-refractivity contribution >= 4 is 0 Å². The Morgan fingerprint density at radius 3 is 3.14 bits per heavy atom. The molecule has 0 amide bonds. The number of hydrogen-bond donors (Lipinski definition) is 0. The van der Waals surface area contributed by atoms with E-state index in [9.17, 15) is 0 Å². The highest BCUT2D eigenvalue weighted by Gasteiger charge is 2.41. The average molecular weight is 300 g/mol. The number of rotatable bonds is 4. The first-order chi connectivity index (χ1) is 10.8. The van der Waals surface area contributed by atoms with Crippen molar-refractivity contribution < 1.29 is 4.42 Å². The summed E-state index contributed by atoms with van der Waals surface area (Å²) in [5.41, 5.74) is 1.29. The first-order valence-electron chi connectivity index (χ1n) is 8.22. The standard InChI is InChI=1S/C17H24N4O/c1-19-16(12-21-6-2-5-18-21)9-15-11-20(7-3-17(15)19)10-14-4-8-22-13-14/h2,4-6,8,13,15-17H,3,7,9-12H2,1H3/t15-,16+,17+/m0/s1. The lowest BCUT2D eigenvalue weighted by Gasteiger charge is -2.37. The Hall–Kier alpha value is -1.59. The van der Waals surface area contributed by atoms with Crippen molar-refractivity contribution in [1.82, 2.24) is 19.6 Å². The van der Waals surface area contributed by atoms with Gasteiger partial charge in [-0.1, -0.05) is 0 Å². The average Bonchev–Trinajstić information content (AvgIpc) is 3.24. The van der Waals surface area contributed by atoms with Gasteiger partial charge in [0, 0.05) is 43.1 Å². The quantitative estimate of drug-likeness (QED) is 0.866. The van der Waals surface area contributed by atoms with Gasteiger partial charge in [0.05, 0.1) is 19.1 Å². The van der Waals surface area contributed by atoms with Crippen LogP contribution >= 0.6 is 0 Å². The van der Waals surface area contributed by atoms with Crippen LogP contribution in [0.25, 0.3) is 0 Å². The fourth-order valence-corrected chi connectivity index (χ4v) is 4.26. The SMILES string of the molecule is CN1[C@@H](Cn2cccn2)C[C@H]2CN(Cc3ccoc3)CC[C@H]21. The molecular weight excluding hydrogens is 276 g/mol. The highest BCUT2D eigenvalue weighted by Crippen LogP contribution is 2.35. The summed E-state index contributed by atoms with van der Waals surface area (Å²) in [6.07, 6.45) is 10.1. The minimum Gasteiger partial charge on any atom is -0.472 e. The molecule has 2 aliphatic rings. The van der Waals surface area contributed by atoms with Crippen molar-refractivity contribution in [2.24, 2.45) is 5.92 Å². The fourth-order valence-electron chi connectivity index (χ4n) is 4.26. The lowest BCUT2D eigenvalue weighted by Crippen LogP contribution is -2.45. The molecule has 5 heteroatoms. The lowest BCUT2D eigenvalue weighted by molar-refractivity contribution is 0.109. The van der Waals surface area contributed by atoms with Crippen LogP contribution in [0, 0.1) is 5.92 Å². The van der Waals surface area contributed by atoms with Crippen LogP contribution in [0.5, 0.6) is 0 Å². The second-order valence-electron chi connectivity index (χ2n) is 6.77. The van der Waals surface area contributed by atoms with Crippen LogP contribution in [0.15, 0.2) is 41.5 Å². The van der Waals surface area contributed by atoms with Crippen LogP contribution in [0.2, 0.25) is 0 Å². The third-order valence-corrected chi connectivity index (χ3v) is 5.40. The molecule has 5 nitrogen and oxygen atoms in total. The zero-order chi connectivity index (χ0) is 14.9. The number of aromatic nitrogens is 2. The zero-order valence-corrected chi connectivity index (χ0v) is 13.1. The molecule has 2 aliphatic heterocycles. The number of nitrogens with zero attached hydrogens (tertiary/aromatic N) is 4. The summed E-state index contributed by atoms with van der Waals surface area (Å²) in [5.74, 6) is 0.784. The molecule has 0 bridgehead atoms. The maximum atomic E-state index is 5.19. The van der Waals surface area contributed by atoms with Gasteiger partial charge in [-0.2, -0.15) is 5.10 Å². The molecule has 2 fully saturated rings. The van der Waals surface area contributed by atoms with Crippen LogP contribution in [-0.2, 0) is 13.1 Å². The number of likely N-dealkylation sites (tertiary alicyclic amines) is 2. The van der Waals surface area contributed by atoms with E-state index in [1.54, 1.807) is 6.26 Å². The molecule has 0 spiro atoms. The number of hydrogen-bond acceptors (Lipinski definition) is 4. The van der Waals surface area contributed by atoms with Gasteiger partial charge in [0.15, 0.2) is 0 Å². The van der Waals surface area contributed by atoms with Gasteiger partial charge in [-0.15, -0.1) is 0 Å². The molecule has 0 unspecified atom stereocenters. The van der Waals surface area contributed by atoms with E-state index in [4.69, 9.17) is 4.42 Å².